The number of piperazine rings is 2. The van der Waals surface area contributed by atoms with Crippen molar-refractivity contribution in [3.63, 3.8) is 0 Å². The number of hydrogen-bond acceptors (Lipinski definition) is 22. The minimum Gasteiger partial charge on any atom is -0.503 e. The maximum absolute atomic E-state index is 12.6. The number of piperidine rings is 2. The summed E-state index contributed by atoms with van der Waals surface area (Å²) in [5, 5.41) is 70.4. The van der Waals surface area contributed by atoms with Crippen LogP contribution in [0, 0.1) is 13.8 Å². The average Bonchev–Trinajstić information content (AvgIpc) is 1.08. The van der Waals surface area contributed by atoms with Crippen molar-refractivity contribution in [2.45, 2.75) is 196 Å². The number of pyridine rings is 6. The molecule has 0 radical (unpaired) electrons. The molecule has 0 spiro atoms. The van der Waals surface area contributed by atoms with Gasteiger partial charge in [0.1, 0.15) is 0 Å². The Balaban J connectivity index is 0.000000142. The lowest BCUT2D eigenvalue weighted by molar-refractivity contribution is 0.218. The number of aryl methyl sites for hydroxylation is 2. The molecule has 7 aromatic carbocycles. The van der Waals surface area contributed by atoms with Crippen LogP contribution < -0.4 is 43.2 Å². The summed E-state index contributed by atoms with van der Waals surface area (Å²) in [5.41, 5.74) is 12.2. The van der Waals surface area contributed by atoms with Crippen molar-refractivity contribution in [3.8, 4) is 34.5 Å². The molecule has 6 fully saturated rings. The van der Waals surface area contributed by atoms with Crippen molar-refractivity contribution < 1.29 is 30.6 Å². The molecule has 13 heterocycles. The number of likely N-dealkylation sites (tertiary alicyclic amines) is 4. The Hall–Kier alpha value is -14.5. The van der Waals surface area contributed by atoms with E-state index in [4.69, 9.17) is 0 Å². The predicted molar refractivity (Wildman–Crippen MR) is 597 cm³/mol. The van der Waals surface area contributed by atoms with Gasteiger partial charge in [0, 0.05) is 168 Å². The van der Waals surface area contributed by atoms with Crippen LogP contribution in [0.5, 0.6) is 34.5 Å². The van der Waals surface area contributed by atoms with Gasteiger partial charge in [-0.05, 0) is 211 Å². The van der Waals surface area contributed by atoms with E-state index in [1.54, 1.807) is 64.6 Å². The van der Waals surface area contributed by atoms with E-state index in [1.165, 1.54) is 108 Å². The molecule has 7 aromatic heterocycles. The molecule has 28 heteroatoms. The summed E-state index contributed by atoms with van der Waals surface area (Å²) in [6.07, 6.45) is 29.3. The third-order valence-corrected chi connectivity index (χ3v) is 28.7. The molecule has 14 aromatic rings. The van der Waals surface area contributed by atoms with Crippen LogP contribution >= 0.6 is 0 Å². The SMILES string of the molecule is C.Cc1ccc(N2CCN(Cc3ccn(Cc4ccccc4)c(=O)c3O)CC2)nn1.Cc1ccccc1N1CCN(Cc2ccn(Cc3ccccc3)c(=O)c2O)CC1.O=c1c(O)c(CN2CCCCC2)ccn1Cc1ccccc1.O=c1c(O)c(CN2CCCCC2)ccn1Cc1ccccc1.O=c1c(O)c(CN2CCCCCC2)ccn1Cc1ccccc1.O=c1c(O)c(CN2CCCCCCC2)ccn1Cc1ccccc1. The van der Waals surface area contributed by atoms with Gasteiger partial charge in [-0.25, -0.2) is 0 Å². The molecule has 6 N–H and O–H groups in total. The van der Waals surface area contributed by atoms with E-state index in [-0.39, 0.29) is 75.3 Å². The summed E-state index contributed by atoms with van der Waals surface area (Å²) in [6, 6.07) is 82.5. The zero-order valence-corrected chi connectivity index (χ0v) is 86.4. The van der Waals surface area contributed by atoms with Gasteiger partial charge < -0.3 is 67.8 Å². The molecule has 0 aliphatic carbocycles. The number of benzene rings is 7. The third-order valence-electron chi connectivity index (χ3n) is 28.7. The molecular formula is C122H150N16O12. The Morgan fingerprint density at radius 1 is 0.207 bits per heavy atom. The first-order chi connectivity index (χ1) is 72.7. The van der Waals surface area contributed by atoms with Crippen LogP contribution in [-0.2, 0) is 78.5 Å². The molecule has 6 aliphatic rings. The minimum absolute atomic E-state index is 0. The fourth-order valence-electron chi connectivity index (χ4n) is 20.0. The second-order valence-corrected chi connectivity index (χ2v) is 39.9. The highest BCUT2D eigenvalue weighted by molar-refractivity contribution is 5.53. The Bertz CT molecular complexity index is 6770. The Labute approximate surface area is 881 Å². The van der Waals surface area contributed by atoms with Crippen molar-refractivity contribution in [2.75, 3.05) is 115 Å². The highest BCUT2D eigenvalue weighted by Crippen LogP contribution is 2.28. The number of aromatic nitrogens is 8. The van der Waals surface area contributed by atoms with Crippen molar-refractivity contribution in [3.05, 3.63) is 432 Å². The topological polar surface area (TPSA) is 305 Å². The average molecular weight is 2030 g/mol. The zero-order chi connectivity index (χ0) is 104. The standard InChI is InChI=1S/C24H27N3O2.C22H25N5O2.C20H26N2O2.C19H24N2O2.2C18H22N2O2.CH4/c1-19-7-5-6-10-22(19)26-15-13-25(14-16-26)18-21-11-12-27(24(29)23(21)28)17-20-8-3-2-4-9-20;1-17-7-8-20(24-23-17)26-13-11-25(12-14-26)16-19-9-10-27(22(29)21(19)28)15-18-5-3-2-4-6-18;23-19-18(16-21-12-7-2-1-3-8-13-21)11-14-22(20(19)24)15-17-9-5-4-6-10-17;22-18-17(15-20-11-6-1-2-7-12-20)10-13-21(19(18)23)14-16-8-4-3-5-9-16;2*21-17-16(14-19-10-5-2-6-11-19)9-12-20(18(17)22)13-15-7-3-1-4-8-15;/h2-12,28H,13-18H2,1H3;2-10,28H,11-16H2,1H3;4-6,9-11,14,23H,1-3,7-8,12-13,15-16H2;3-5,8-10,13,22H,1-2,6-7,11-12,14-15H2;2*1,3-4,7-9,12,21H,2,5-6,10-11,13-14H2;1H4. The first-order valence-corrected chi connectivity index (χ1v) is 53.1. The summed E-state index contributed by atoms with van der Waals surface area (Å²) in [6.45, 7) is 26.1. The van der Waals surface area contributed by atoms with Crippen molar-refractivity contribution in [2.24, 2.45) is 0 Å². The molecule has 28 nitrogen and oxygen atoms in total. The maximum atomic E-state index is 12.6. The monoisotopic (exact) mass is 2030 g/mol. The van der Waals surface area contributed by atoms with Crippen LogP contribution in [0.1, 0.15) is 182 Å². The molecule has 0 amide bonds. The second-order valence-electron chi connectivity index (χ2n) is 39.9. The Morgan fingerprint density at radius 2 is 0.407 bits per heavy atom. The molecular weight excluding hydrogens is 1880 g/mol. The fraction of sp³-hybridized carbons (Fsp3) is 0.377. The summed E-state index contributed by atoms with van der Waals surface area (Å²) < 4.78 is 9.36. The number of para-hydroxylation sites is 1. The molecule has 0 bridgehead atoms. The summed E-state index contributed by atoms with van der Waals surface area (Å²) in [5.74, 6) is 0.179. The van der Waals surface area contributed by atoms with Gasteiger partial charge in [0.15, 0.2) is 40.3 Å². The van der Waals surface area contributed by atoms with Crippen LogP contribution in [-0.4, -0.2) is 202 Å². The van der Waals surface area contributed by atoms with Gasteiger partial charge in [-0.15, -0.1) is 5.10 Å². The van der Waals surface area contributed by atoms with Gasteiger partial charge in [-0.3, -0.25) is 58.2 Å². The molecule has 6 saturated heterocycles. The van der Waals surface area contributed by atoms with Gasteiger partial charge in [-0.2, -0.15) is 5.10 Å². The molecule has 6 aliphatic heterocycles. The minimum atomic E-state index is -0.347. The molecule has 0 saturated carbocycles. The van der Waals surface area contributed by atoms with E-state index in [9.17, 15) is 59.4 Å². The molecule has 0 atom stereocenters. The van der Waals surface area contributed by atoms with E-state index in [1.807, 2.05) is 237 Å². The highest BCUT2D eigenvalue weighted by Gasteiger charge is 2.26. The van der Waals surface area contributed by atoms with Crippen LogP contribution in [0.15, 0.2) is 321 Å². The van der Waals surface area contributed by atoms with E-state index >= 15 is 0 Å². The van der Waals surface area contributed by atoms with E-state index in [0.717, 1.165) is 172 Å². The van der Waals surface area contributed by atoms with Gasteiger partial charge in [0.05, 0.1) is 45.0 Å². The maximum Gasteiger partial charge on any atom is 0.293 e. The van der Waals surface area contributed by atoms with Crippen LogP contribution in [0.3, 0.4) is 0 Å². The predicted octanol–water partition coefficient (Wildman–Crippen LogP) is 17.4. The zero-order valence-electron chi connectivity index (χ0n) is 86.4. The number of hydrogen-bond donors (Lipinski definition) is 6. The second kappa shape index (κ2) is 57.3. The van der Waals surface area contributed by atoms with Gasteiger partial charge in [0.2, 0.25) is 0 Å². The smallest absolute Gasteiger partial charge is 0.293 e. The van der Waals surface area contributed by atoms with Crippen molar-refractivity contribution >= 4 is 11.5 Å². The lowest BCUT2D eigenvalue weighted by Crippen LogP contribution is -2.46. The van der Waals surface area contributed by atoms with Crippen LogP contribution in [0.2, 0.25) is 0 Å². The van der Waals surface area contributed by atoms with Crippen molar-refractivity contribution in [1.29, 1.82) is 0 Å². The lowest BCUT2D eigenvalue weighted by Gasteiger charge is -2.36. The third kappa shape index (κ3) is 32.7. The highest BCUT2D eigenvalue weighted by atomic mass is 16.3. The Morgan fingerprint density at radius 3 is 0.627 bits per heavy atom. The molecule has 150 heavy (non-hydrogen) atoms. The van der Waals surface area contributed by atoms with Gasteiger partial charge >= 0.3 is 0 Å². The van der Waals surface area contributed by atoms with E-state index < -0.39 is 0 Å². The van der Waals surface area contributed by atoms with Crippen LogP contribution in [0.25, 0.3) is 0 Å². The van der Waals surface area contributed by atoms with E-state index in [2.05, 4.69) is 80.6 Å². The number of nitrogens with zero attached hydrogens (tertiary/aromatic N) is 16. The number of rotatable bonds is 26. The molecule has 20 rings (SSSR count). The first kappa shape index (κ1) is 111. The summed E-state index contributed by atoms with van der Waals surface area (Å²) in [7, 11) is 0. The van der Waals surface area contributed by atoms with Crippen molar-refractivity contribution in [1.82, 2.24) is 67.0 Å². The normalized spacial score (nSPS) is 15.5. The summed E-state index contributed by atoms with van der Waals surface area (Å²) >= 11 is 0. The van der Waals surface area contributed by atoms with Gasteiger partial charge in [-0.1, -0.05) is 253 Å². The first-order valence-electron chi connectivity index (χ1n) is 53.1. The Kier molecular flexibility index (Phi) is 42.5. The molecule has 0 unspecified atom stereocenters. The fourth-order valence-corrected chi connectivity index (χ4v) is 20.0. The quantitative estimate of drug-likeness (QED) is 0.0293. The van der Waals surface area contributed by atoms with Crippen LogP contribution in [0.4, 0.5) is 11.5 Å². The number of anilines is 2. The largest absolute Gasteiger partial charge is 0.503 e. The number of aromatic hydroxyl groups is 6. The molecule has 790 valence electrons. The van der Waals surface area contributed by atoms with Gasteiger partial charge in [0.25, 0.3) is 33.4 Å². The lowest BCUT2D eigenvalue weighted by atomic mass is 10.1. The van der Waals surface area contributed by atoms with E-state index in [0.29, 0.717) is 89.7 Å². The summed E-state index contributed by atoms with van der Waals surface area (Å²) in [4.78, 5) is 93.1.